The first-order valence-electron chi connectivity index (χ1n) is 4.77. The van der Waals surface area contributed by atoms with E-state index in [9.17, 15) is 0 Å². The fourth-order valence-corrected chi connectivity index (χ4v) is 2.61. The van der Waals surface area contributed by atoms with Crippen LogP contribution in [0.3, 0.4) is 0 Å². The van der Waals surface area contributed by atoms with Crippen LogP contribution < -0.4 is 0 Å². The standard InChI is InChI=1S/C8H17O.3ClH.Ti/c1-2-3-4-5-6-7-8-9;;;;/h2-8H2,1H3;3*1H;/q-1;;;;+4/p-3. The predicted molar refractivity (Wildman–Crippen MR) is 56.9 cm³/mol. The molecule has 0 rings (SSSR count). The Morgan fingerprint density at radius 1 is 0.923 bits per heavy atom. The maximum atomic E-state index is 5.59. The first-order valence-corrected chi connectivity index (χ1v) is 11.9. The molecule has 0 radical (unpaired) electrons. The number of hydrogen-bond acceptors (Lipinski definition) is 1. The summed E-state index contributed by atoms with van der Waals surface area (Å²) in [6.45, 7) is 2.82. The van der Waals surface area contributed by atoms with E-state index in [0.29, 0.717) is 6.61 Å². The van der Waals surface area contributed by atoms with E-state index in [1.165, 1.54) is 32.1 Å². The van der Waals surface area contributed by atoms with Crippen molar-refractivity contribution in [3.63, 3.8) is 0 Å². The van der Waals surface area contributed by atoms with Crippen LogP contribution in [-0.2, 0) is 17.1 Å². The van der Waals surface area contributed by atoms with Crippen LogP contribution in [0.25, 0.3) is 0 Å². The van der Waals surface area contributed by atoms with Crippen LogP contribution in [0.1, 0.15) is 45.4 Å². The monoisotopic (exact) mass is 282 g/mol. The van der Waals surface area contributed by atoms with E-state index >= 15 is 0 Å². The molecule has 0 saturated heterocycles. The molecule has 0 aromatic rings. The summed E-state index contributed by atoms with van der Waals surface area (Å²) in [5.41, 5.74) is 0. The van der Waals surface area contributed by atoms with Gasteiger partial charge >= 0.3 is 97.1 Å². The minimum atomic E-state index is -3.26. The van der Waals surface area contributed by atoms with Crippen molar-refractivity contribution in [2.45, 2.75) is 45.4 Å². The van der Waals surface area contributed by atoms with Gasteiger partial charge in [0.15, 0.2) is 0 Å². The number of hydrogen-bond donors (Lipinski definition) is 0. The van der Waals surface area contributed by atoms with Crippen molar-refractivity contribution >= 4 is 27.9 Å². The van der Waals surface area contributed by atoms with Crippen LogP contribution in [0, 0.1) is 0 Å². The summed E-state index contributed by atoms with van der Waals surface area (Å²) in [5, 5.41) is 0. The zero-order chi connectivity index (χ0) is 10.2. The van der Waals surface area contributed by atoms with Crippen LogP contribution >= 0.6 is 27.9 Å². The molecule has 0 aromatic carbocycles. The van der Waals surface area contributed by atoms with E-state index < -0.39 is 13.8 Å². The van der Waals surface area contributed by atoms with Crippen LogP contribution in [0.5, 0.6) is 0 Å². The van der Waals surface area contributed by atoms with E-state index in [2.05, 4.69) is 6.92 Å². The molecule has 0 unspecified atom stereocenters. The molecule has 0 aliphatic rings. The second kappa shape index (κ2) is 8.82. The molecule has 0 N–H and O–H groups in total. The van der Waals surface area contributed by atoms with E-state index in [1.54, 1.807) is 0 Å². The molecule has 0 aromatic heterocycles. The molecule has 0 heterocycles. The van der Waals surface area contributed by atoms with E-state index in [-0.39, 0.29) is 0 Å². The Bertz CT molecular complexity index is 116. The topological polar surface area (TPSA) is 9.23 Å². The predicted octanol–water partition coefficient (Wildman–Crippen LogP) is 4.89. The summed E-state index contributed by atoms with van der Waals surface area (Å²) in [6.07, 6.45) is 7.38. The summed E-state index contributed by atoms with van der Waals surface area (Å²) >= 11 is -3.26. The van der Waals surface area contributed by atoms with Gasteiger partial charge in [-0.1, -0.05) is 0 Å². The number of halogens is 3. The third kappa shape index (κ3) is 13.5. The van der Waals surface area contributed by atoms with Gasteiger partial charge in [-0.2, -0.15) is 0 Å². The average Bonchev–Trinajstić information content (AvgIpc) is 2.01. The molecule has 0 spiro atoms. The van der Waals surface area contributed by atoms with Crippen molar-refractivity contribution in [3.8, 4) is 0 Å². The van der Waals surface area contributed by atoms with Crippen molar-refractivity contribution in [1.82, 2.24) is 0 Å². The van der Waals surface area contributed by atoms with Crippen molar-refractivity contribution in [3.05, 3.63) is 0 Å². The summed E-state index contributed by atoms with van der Waals surface area (Å²) < 4.78 is 5.12. The quantitative estimate of drug-likeness (QED) is 0.455. The molecule has 1 nitrogen and oxygen atoms in total. The molecule has 5 heteroatoms. The molecule has 0 aliphatic carbocycles. The van der Waals surface area contributed by atoms with Gasteiger partial charge in [0.25, 0.3) is 0 Å². The fourth-order valence-electron chi connectivity index (χ4n) is 1.07. The van der Waals surface area contributed by atoms with Crippen LogP contribution in [-0.4, -0.2) is 6.61 Å². The number of rotatable bonds is 8. The minimum absolute atomic E-state index is 0.614. The zero-order valence-corrected chi connectivity index (χ0v) is 11.8. The van der Waals surface area contributed by atoms with E-state index in [0.717, 1.165) is 6.42 Å². The Hall–Kier alpha value is 1.54. The van der Waals surface area contributed by atoms with Crippen LogP contribution in [0.15, 0.2) is 0 Å². The van der Waals surface area contributed by atoms with Crippen molar-refractivity contribution < 1.29 is 17.1 Å². The molecular formula is C8H17Cl3OTi. The molecule has 0 atom stereocenters. The van der Waals surface area contributed by atoms with Gasteiger partial charge < -0.3 is 0 Å². The second-order valence-electron chi connectivity index (χ2n) is 3.06. The van der Waals surface area contributed by atoms with Crippen molar-refractivity contribution in [1.29, 1.82) is 0 Å². The Balaban J connectivity index is 3.00. The third-order valence-corrected chi connectivity index (χ3v) is 3.94. The number of unbranched alkanes of at least 4 members (excludes halogenated alkanes) is 5. The Morgan fingerprint density at radius 2 is 1.46 bits per heavy atom. The van der Waals surface area contributed by atoms with Gasteiger partial charge in [0.2, 0.25) is 0 Å². The Kier molecular flexibility index (Phi) is 9.87. The first-order chi connectivity index (χ1) is 6.06. The average molecular weight is 283 g/mol. The molecule has 0 amide bonds. The molecule has 0 fully saturated rings. The molecule has 0 bridgehead atoms. The van der Waals surface area contributed by atoms with Crippen LogP contribution in [0.4, 0.5) is 0 Å². The summed E-state index contributed by atoms with van der Waals surface area (Å²) in [7, 11) is 16.8. The van der Waals surface area contributed by atoms with Gasteiger partial charge in [0.05, 0.1) is 0 Å². The molecule has 0 saturated carbocycles. The first kappa shape index (κ1) is 14.5. The molecule has 13 heavy (non-hydrogen) atoms. The van der Waals surface area contributed by atoms with Gasteiger partial charge in [-0.15, -0.1) is 0 Å². The maximum absolute atomic E-state index is 5.59. The Labute approximate surface area is 96.5 Å². The van der Waals surface area contributed by atoms with Gasteiger partial charge in [0, 0.05) is 0 Å². The fraction of sp³-hybridized carbons (Fsp3) is 1.00. The van der Waals surface area contributed by atoms with Crippen molar-refractivity contribution in [2.75, 3.05) is 6.61 Å². The second-order valence-corrected chi connectivity index (χ2v) is 13.9. The van der Waals surface area contributed by atoms with Gasteiger partial charge in [-0.3, -0.25) is 0 Å². The van der Waals surface area contributed by atoms with E-state index in [1.807, 2.05) is 0 Å². The van der Waals surface area contributed by atoms with E-state index in [4.69, 9.17) is 31.2 Å². The molecule has 0 aliphatic heterocycles. The van der Waals surface area contributed by atoms with Gasteiger partial charge in [0.1, 0.15) is 0 Å². The Morgan fingerprint density at radius 3 is 2.00 bits per heavy atom. The van der Waals surface area contributed by atoms with Crippen LogP contribution in [0.2, 0.25) is 0 Å². The SMILES string of the molecule is CCCCCCCC[O][Ti]([Cl])([Cl])[Cl]. The molecule has 80 valence electrons. The van der Waals surface area contributed by atoms with Gasteiger partial charge in [-0.05, 0) is 0 Å². The third-order valence-electron chi connectivity index (χ3n) is 1.76. The summed E-state index contributed by atoms with van der Waals surface area (Å²) in [6, 6.07) is 0. The normalized spacial score (nSPS) is 12.0. The summed E-state index contributed by atoms with van der Waals surface area (Å²) in [5.74, 6) is 0. The van der Waals surface area contributed by atoms with Crippen molar-refractivity contribution in [2.24, 2.45) is 0 Å². The summed E-state index contributed by atoms with van der Waals surface area (Å²) in [4.78, 5) is 0. The van der Waals surface area contributed by atoms with Gasteiger partial charge in [-0.25, -0.2) is 0 Å². The molecular weight excluding hydrogens is 266 g/mol. The zero-order valence-electron chi connectivity index (χ0n) is 7.99.